The van der Waals surface area contributed by atoms with E-state index >= 15 is 0 Å². The molecule has 0 atom stereocenters. The van der Waals surface area contributed by atoms with E-state index in [1.165, 1.54) is 0 Å². The van der Waals surface area contributed by atoms with Gasteiger partial charge in [0.25, 0.3) is 0 Å². The molecule has 0 amide bonds. The summed E-state index contributed by atoms with van der Waals surface area (Å²) in [5, 5.41) is 0. The highest BCUT2D eigenvalue weighted by atomic mass is 32.2. The van der Waals surface area contributed by atoms with Crippen molar-refractivity contribution < 1.29 is 18.6 Å². The van der Waals surface area contributed by atoms with Gasteiger partial charge in [-0.1, -0.05) is 39.5 Å². The SMILES string of the molecule is CC1(C)CC(=O)C2(SOC3=C(S2)C(=O)CC(C)(C)C3)C(=O)C1. The Balaban J connectivity index is 1.95. The van der Waals surface area contributed by atoms with Crippen molar-refractivity contribution in [1.82, 2.24) is 0 Å². The first-order valence-electron chi connectivity index (χ1n) is 7.42. The Labute approximate surface area is 139 Å². The van der Waals surface area contributed by atoms with Crippen molar-refractivity contribution in [3.05, 3.63) is 10.7 Å². The summed E-state index contributed by atoms with van der Waals surface area (Å²) in [4.78, 5) is 38.2. The van der Waals surface area contributed by atoms with Gasteiger partial charge in [0, 0.05) is 25.7 Å². The molecule has 0 saturated heterocycles. The fourth-order valence-corrected chi connectivity index (χ4v) is 5.53. The third kappa shape index (κ3) is 2.54. The second-order valence-electron chi connectivity index (χ2n) is 7.94. The lowest BCUT2D eigenvalue weighted by Gasteiger charge is -2.43. The molecule has 2 aliphatic carbocycles. The number of thioether (sulfide) groups is 1. The summed E-state index contributed by atoms with van der Waals surface area (Å²) >= 11 is 2.08. The van der Waals surface area contributed by atoms with Crippen LogP contribution in [0.2, 0.25) is 0 Å². The molecule has 4 nitrogen and oxygen atoms in total. The van der Waals surface area contributed by atoms with E-state index in [1.807, 2.05) is 27.7 Å². The van der Waals surface area contributed by atoms with Crippen molar-refractivity contribution in [1.29, 1.82) is 0 Å². The molecule has 0 bridgehead atoms. The Morgan fingerprint density at radius 3 is 2.00 bits per heavy atom. The molecule has 3 aliphatic rings. The average Bonchev–Trinajstić information content (AvgIpc) is 2.34. The molecule has 0 N–H and O–H groups in total. The van der Waals surface area contributed by atoms with Crippen molar-refractivity contribution in [3.8, 4) is 0 Å². The lowest BCUT2D eigenvalue weighted by Crippen LogP contribution is -2.50. The first-order valence-corrected chi connectivity index (χ1v) is 8.98. The van der Waals surface area contributed by atoms with Crippen molar-refractivity contribution in [2.24, 2.45) is 10.8 Å². The van der Waals surface area contributed by atoms with Crippen LogP contribution in [0.25, 0.3) is 0 Å². The Morgan fingerprint density at radius 2 is 1.41 bits per heavy atom. The third-order valence-electron chi connectivity index (χ3n) is 4.30. The summed E-state index contributed by atoms with van der Waals surface area (Å²) in [6.45, 7) is 7.90. The van der Waals surface area contributed by atoms with Gasteiger partial charge < -0.3 is 4.18 Å². The van der Waals surface area contributed by atoms with E-state index in [-0.39, 0.29) is 28.2 Å². The Kier molecular flexibility index (Phi) is 3.57. The molecule has 0 radical (unpaired) electrons. The molecule has 0 aromatic rings. The molecule has 0 unspecified atom stereocenters. The Hall–Kier alpha value is -0.750. The van der Waals surface area contributed by atoms with E-state index in [1.54, 1.807) is 0 Å². The van der Waals surface area contributed by atoms with E-state index in [0.29, 0.717) is 36.3 Å². The van der Waals surface area contributed by atoms with Gasteiger partial charge in [0.15, 0.2) is 17.3 Å². The summed E-state index contributed by atoms with van der Waals surface area (Å²) in [5.74, 6) is 0.356. The van der Waals surface area contributed by atoms with Gasteiger partial charge in [-0.2, -0.15) is 0 Å². The number of carbonyl (C=O) groups is 3. The minimum absolute atomic E-state index is 0.0126. The van der Waals surface area contributed by atoms with Crippen LogP contribution in [0, 0.1) is 10.8 Å². The molecule has 1 heterocycles. The van der Waals surface area contributed by atoms with Crippen LogP contribution < -0.4 is 0 Å². The Bertz CT molecular complexity index is 596. The second kappa shape index (κ2) is 4.87. The van der Waals surface area contributed by atoms with E-state index in [9.17, 15) is 14.4 Å². The van der Waals surface area contributed by atoms with E-state index in [4.69, 9.17) is 4.18 Å². The van der Waals surface area contributed by atoms with Gasteiger partial charge in [-0.15, -0.1) is 0 Å². The number of carbonyl (C=O) groups excluding carboxylic acids is 3. The zero-order valence-electron chi connectivity index (χ0n) is 13.3. The van der Waals surface area contributed by atoms with Gasteiger partial charge in [-0.3, -0.25) is 14.4 Å². The van der Waals surface area contributed by atoms with E-state index in [2.05, 4.69) is 0 Å². The topological polar surface area (TPSA) is 60.4 Å². The fourth-order valence-electron chi connectivity index (χ4n) is 3.23. The molecule has 120 valence electrons. The molecule has 1 fully saturated rings. The monoisotopic (exact) mass is 340 g/mol. The highest BCUT2D eigenvalue weighted by Crippen LogP contribution is 2.58. The molecule has 1 spiro atoms. The summed E-state index contributed by atoms with van der Waals surface area (Å²) in [6, 6.07) is 0. The molecule has 1 saturated carbocycles. The minimum atomic E-state index is -1.27. The fraction of sp³-hybridized carbons (Fsp3) is 0.688. The highest BCUT2D eigenvalue weighted by Gasteiger charge is 2.58. The van der Waals surface area contributed by atoms with Crippen LogP contribution >= 0.6 is 23.8 Å². The standard InChI is InChI=1S/C16H20O4S2/c1-14(2)5-9(17)13-10(6-14)20-22-16(21-13)11(18)7-15(3,4)8-12(16)19/h5-8H2,1-4H3. The number of hydrogen-bond acceptors (Lipinski definition) is 6. The van der Waals surface area contributed by atoms with Crippen LogP contribution in [-0.4, -0.2) is 21.4 Å². The van der Waals surface area contributed by atoms with Gasteiger partial charge in [0.1, 0.15) is 5.76 Å². The summed E-state index contributed by atoms with van der Waals surface area (Å²) in [7, 11) is 0. The minimum Gasteiger partial charge on any atom is -0.426 e. The molecule has 0 aromatic heterocycles. The van der Waals surface area contributed by atoms with Gasteiger partial charge in [-0.25, -0.2) is 0 Å². The first-order chi connectivity index (χ1) is 10.0. The van der Waals surface area contributed by atoms with Gasteiger partial charge in [0.05, 0.1) is 16.9 Å². The maximum absolute atomic E-state index is 12.6. The van der Waals surface area contributed by atoms with Crippen molar-refractivity contribution >= 4 is 41.2 Å². The Morgan fingerprint density at radius 1 is 0.864 bits per heavy atom. The van der Waals surface area contributed by atoms with Crippen LogP contribution in [0.4, 0.5) is 0 Å². The predicted molar refractivity (Wildman–Crippen MR) is 87.1 cm³/mol. The highest BCUT2D eigenvalue weighted by molar-refractivity contribution is 8.21. The quantitative estimate of drug-likeness (QED) is 0.495. The zero-order chi connectivity index (χ0) is 16.3. The number of allylic oxidation sites excluding steroid dienone is 2. The number of ketones is 3. The summed E-state index contributed by atoms with van der Waals surface area (Å²) < 4.78 is 4.43. The molecule has 0 aromatic carbocycles. The second-order valence-corrected chi connectivity index (χ2v) is 10.4. The van der Waals surface area contributed by atoms with Crippen LogP contribution in [-0.2, 0) is 18.6 Å². The smallest absolute Gasteiger partial charge is 0.219 e. The molecule has 3 rings (SSSR count). The maximum Gasteiger partial charge on any atom is 0.219 e. The lowest BCUT2D eigenvalue weighted by molar-refractivity contribution is -0.133. The molecule has 1 aliphatic heterocycles. The van der Waals surface area contributed by atoms with Crippen molar-refractivity contribution in [3.63, 3.8) is 0 Å². The average molecular weight is 340 g/mol. The first kappa shape index (κ1) is 16.1. The van der Waals surface area contributed by atoms with Crippen LogP contribution in [0.15, 0.2) is 10.7 Å². The molecule has 22 heavy (non-hydrogen) atoms. The van der Waals surface area contributed by atoms with Crippen LogP contribution in [0.3, 0.4) is 0 Å². The van der Waals surface area contributed by atoms with E-state index < -0.39 is 4.08 Å². The zero-order valence-corrected chi connectivity index (χ0v) is 14.9. The third-order valence-corrected chi connectivity index (χ3v) is 7.13. The normalized spacial score (nSPS) is 29.4. The molecular weight excluding hydrogens is 320 g/mol. The number of rotatable bonds is 0. The van der Waals surface area contributed by atoms with Crippen molar-refractivity contribution in [2.45, 2.75) is 57.5 Å². The van der Waals surface area contributed by atoms with E-state index in [0.717, 1.165) is 23.8 Å². The largest absolute Gasteiger partial charge is 0.426 e. The number of Topliss-reactive ketones (excluding diaryl/α,β-unsaturated/α-hetero) is 3. The van der Waals surface area contributed by atoms with Gasteiger partial charge in [0.2, 0.25) is 4.08 Å². The predicted octanol–water partition coefficient (Wildman–Crippen LogP) is 3.65. The number of hydrogen-bond donors (Lipinski definition) is 0. The molecule has 6 heteroatoms. The van der Waals surface area contributed by atoms with Gasteiger partial charge in [-0.05, 0) is 10.8 Å². The van der Waals surface area contributed by atoms with Crippen molar-refractivity contribution in [2.75, 3.05) is 0 Å². The maximum atomic E-state index is 12.6. The summed E-state index contributed by atoms with van der Waals surface area (Å²) in [6.07, 6.45) is 1.77. The lowest BCUT2D eigenvalue weighted by atomic mass is 9.76. The van der Waals surface area contributed by atoms with Crippen LogP contribution in [0.1, 0.15) is 53.4 Å². The van der Waals surface area contributed by atoms with Crippen LogP contribution in [0.5, 0.6) is 0 Å². The molecular formula is C16H20O4S2. The van der Waals surface area contributed by atoms with Gasteiger partial charge >= 0.3 is 0 Å². The summed E-state index contributed by atoms with van der Waals surface area (Å²) in [5.41, 5.74) is -0.447.